The highest BCUT2D eigenvalue weighted by molar-refractivity contribution is 5.85. The summed E-state index contributed by atoms with van der Waals surface area (Å²) in [4.78, 5) is 10.6. The van der Waals surface area contributed by atoms with Gasteiger partial charge in [-0.15, -0.1) is 0 Å². The van der Waals surface area contributed by atoms with Crippen LogP contribution in [0, 0.1) is 5.92 Å². The van der Waals surface area contributed by atoms with E-state index in [0.717, 1.165) is 6.42 Å². The first-order valence-electron chi connectivity index (χ1n) is 6.02. The van der Waals surface area contributed by atoms with Gasteiger partial charge in [0.25, 0.3) is 0 Å². The number of carboxylic acid groups (broad SMARTS) is 1. The zero-order valence-corrected chi connectivity index (χ0v) is 10.1. The van der Waals surface area contributed by atoms with Crippen LogP contribution in [0.5, 0.6) is 0 Å². The highest BCUT2D eigenvalue weighted by Crippen LogP contribution is 2.22. The third kappa shape index (κ3) is 7.18. The average molecular weight is 212 g/mol. The van der Waals surface area contributed by atoms with E-state index in [-0.39, 0.29) is 0 Å². The van der Waals surface area contributed by atoms with Gasteiger partial charge in [0.2, 0.25) is 0 Å². The molecule has 0 saturated carbocycles. The molecule has 88 valence electrons. The highest BCUT2D eigenvalue weighted by Gasteiger charge is 2.10. The van der Waals surface area contributed by atoms with Crippen LogP contribution >= 0.6 is 0 Å². The van der Waals surface area contributed by atoms with E-state index < -0.39 is 5.97 Å². The molecular formula is C13H24O2. The average Bonchev–Trinajstić information content (AvgIpc) is 2.21. The van der Waals surface area contributed by atoms with Crippen LogP contribution in [0.1, 0.15) is 58.8 Å². The van der Waals surface area contributed by atoms with E-state index in [1.807, 2.05) is 0 Å². The van der Waals surface area contributed by atoms with Crippen LogP contribution in [0.3, 0.4) is 0 Å². The summed E-state index contributed by atoms with van der Waals surface area (Å²) in [6.45, 7) is 7.95. The summed E-state index contributed by atoms with van der Waals surface area (Å²) in [5, 5.41) is 8.70. The third-order valence-corrected chi connectivity index (χ3v) is 2.82. The van der Waals surface area contributed by atoms with Gasteiger partial charge >= 0.3 is 5.97 Å². The maximum Gasteiger partial charge on any atom is 0.330 e. The van der Waals surface area contributed by atoms with Crippen LogP contribution in [-0.4, -0.2) is 11.1 Å². The molecule has 0 aromatic heterocycles. The van der Waals surface area contributed by atoms with Gasteiger partial charge in [0.05, 0.1) is 0 Å². The van der Waals surface area contributed by atoms with E-state index in [4.69, 9.17) is 5.11 Å². The highest BCUT2D eigenvalue weighted by atomic mass is 16.4. The van der Waals surface area contributed by atoms with Crippen molar-refractivity contribution in [3.8, 4) is 0 Å². The van der Waals surface area contributed by atoms with E-state index in [9.17, 15) is 4.79 Å². The monoisotopic (exact) mass is 212 g/mol. The van der Waals surface area contributed by atoms with Crippen LogP contribution in [0.15, 0.2) is 12.2 Å². The molecule has 0 aromatic carbocycles. The molecule has 15 heavy (non-hydrogen) atoms. The Labute approximate surface area is 93.4 Å². The molecule has 0 radical (unpaired) electrons. The van der Waals surface area contributed by atoms with Gasteiger partial charge in [0.1, 0.15) is 0 Å². The number of aliphatic carboxylic acids is 1. The van der Waals surface area contributed by atoms with Gasteiger partial charge in [0.15, 0.2) is 0 Å². The summed E-state index contributed by atoms with van der Waals surface area (Å²) in [5.74, 6) is -0.160. The van der Waals surface area contributed by atoms with Crippen molar-refractivity contribution in [2.24, 2.45) is 5.92 Å². The molecule has 0 aliphatic rings. The summed E-state index contributed by atoms with van der Waals surface area (Å²) in [6, 6.07) is 0. The lowest BCUT2D eigenvalue weighted by Gasteiger charge is -2.15. The normalized spacial score (nSPS) is 12.4. The van der Waals surface area contributed by atoms with Gasteiger partial charge < -0.3 is 5.11 Å². The minimum atomic E-state index is -0.847. The summed E-state index contributed by atoms with van der Waals surface area (Å²) in [7, 11) is 0. The third-order valence-electron chi connectivity index (χ3n) is 2.82. The zero-order valence-electron chi connectivity index (χ0n) is 10.1. The van der Waals surface area contributed by atoms with Crippen LogP contribution in [-0.2, 0) is 4.79 Å². The SMILES string of the molecule is C=C(CCC(CCC)CCCC)C(=O)O. The summed E-state index contributed by atoms with van der Waals surface area (Å²) in [6.07, 6.45) is 7.74. The Balaban J connectivity index is 3.83. The molecule has 0 aliphatic carbocycles. The largest absolute Gasteiger partial charge is 0.478 e. The molecule has 0 saturated heterocycles. The number of carbonyl (C=O) groups is 1. The van der Waals surface area contributed by atoms with Crippen molar-refractivity contribution >= 4 is 5.97 Å². The molecule has 2 nitrogen and oxygen atoms in total. The number of hydrogen-bond donors (Lipinski definition) is 1. The molecule has 0 aromatic rings. The maximum absolute atomic E-state index is 10.6. The minimum Gasteiger partial charge on any atom is -0.478 e. The quantitative estimate of drug-likeness (QED) is 0.586. The van der Waals surface area contributed by atoms with Gasteiger partial charge in [-0.05, 0) is 18.8 Å². The number of carboxylic acids is 1. The lowest BCUT2D eigenvalue weighted by atomic mass is 9.91. The summed E-state index contributed by atoms with van der Waals surface area (Å²) >= 11 is 0. The standard InChI is InChI=1S/C13H24O2/c1-4-6-8-12(7-5-2)10-9-11(3)13(14)15/h12H,3-10H2,1-2H3,(H,14,15). The van der Waals surface area contributed by atoms with Crippen molar-refractivity contribution in [1.29, 1.82) is 0 Å². The number of rotatable bonds is 9. The molecule has 1 N–H and O–H groups in total. The smallest absolute Gasteiger partial charge is 0.330 e. The van der Waals surface area contributed by atoms with Crippen LogP contribution in [0.4, 0.5) is 0 Å². The lowest BCUT2D eigenvalue weighted by Crippen LogP contribution is -2.04. The zero-order chi connectivity index (χ0) is 11.7. The van der Waals surface area contributed by atoms with Crippen molar-refractivity contribution in [3.63, 3.8) is 0 Å². The second-order valence-electron chi connectivity index (χ2n) is 4.24. The van der Waals surface area contributed by atoms with E-state index >= 15 is 0 Å². The van der Waals surface area contributed by atoms with E-state index in [1.54, 1.807) is 0 Å². The Morgan fingerprint density at radius 3 is 2.33 bits per heavy atom. The molecule has 0 aliphatic heterocycles. The predicted molar refractivity (Wildman–Crippen MR) is 63.9 cm³/mol. The van der Waals surface area contributed by atoms with E-state index in [0.29, 0.717) is 17.9 Å². The second kappa shape index (κ2) is 8.51. The van der Waals surface area contributed by atoms with Crippen molar-refractivity contribution in [1.82, 2.24) is 0 Å². The topological polar surface area (TPSA) is 37.3 Å². The van der Waals surface area contributed by atoms with Gasteiger partial charge in [-0.1, -0.05) is 52.5 Å². The minimum absolute atomic E-state index is 0.354. The lowest BCUT2D eigenvalue weighted by molar-refractivity contribution is -0.132. The number of hydrogen-bond acceptors (Lipinski definition) is 1. The molecule has 2 heteroatoms. The summed E-state index contributed by atoms with van der Waals surface area (Å²) < 4.78 is 0. The van der Waals surface area contributed by atoms with Crippen LogP contribution in [0.25, 0.3) is 0 Å². The van der Waals surface area contributed by atoms with E-state index in [1.165, 1.54) is 32.1 Å². The molecule has 0 rings (SSSR count). The van der Waals surface area contributed by atoms with Crippen molar-refractivity contribution in [2.75, 3.05) is 0 Å². The van der Waals surface area contributed by atoms with Gasteiger partial charge in [-0.25, -0.2) is 4.79 Å². The fraction of sp³-hybridized carbons (Fsp3) is 0.769. The molecule has 0 bridgehead atoms. The maximum atomic E-state index is 10.6. The Hall–Kier alpha value is -0.790. The predicted octanol–water partition coefficient (Wildman–Crippen LogP) is 4.01. The van der Waals surface area contributed by atoms with E-state index in [2.05, 4.69) is 20.4 Å². The molecular weight excluding hydrogens is 188 g/mol. The molecule has 1 unspecified atom stereocenters. The fourth-order valence-electron chi connectivity index (χ4n) is 1.82. The second-order valence-corrected chi connectivity index (χ2v) is 4.24. The Morgan fingerprint density at radius 2 is 1.87 bits per heavy atom. The first-order chi connectivity index (χ1) is 7.11. The van der Waals surface area contributed by atoms with Crippen molar-refractivity contribution < 1.29 is 9.90 Å². The number of unbranched alkanes of at least 4 members (excludes halogenated alkanes) is 1. The molecule has 0 fully saturated rings. The van der Waals surface area contributed by atoms with Gasteiger partial charge in [-0.3, -0.25) is 0 Å². The Morgan fingerprint density at radius 1 is 1.20 bits per heavy atom. The van der Waals surface area contributed by atoms with Gasteiger partial charge in [0, 0.05) is 5.57 Å². The molecule has 0 spiro atoms. The van der Waals surface area contributed by atoms with Crippen LogP contribution < -0.4 is 0 Å². The first-order valence-corrected chi connectivity index (χ1v) is 6.02. The fourth-order valence-corrected chi connectivity index (χ4v) is 1.82. The van der Waals surface area contributed by atoms with Crippen molar-refractivity contribution in [2.45, 2.75) is 58.8 Å². The molecule has 1 atom stereocenters. The van der Waals surface area contributed by atoms with Crippen LogP contribution in [0.2, 0.25) is 0 Å². The Bertz CT molecular complexity index is 197. The Kier molecular flexibility index (Phi) is 8.06. The van der Waals surface area contributed by atoms with Crippen molar-refractivity contribution in [3.05, 3.63) is 12.2 Å². The van der Waals surface area contributed by atoms with Gasteiger partial charge in [-0.2, -0.15) is 0 Å². The molecule has 0 amide bonds. The first kappa shape index (κ1) is 14.2. The summed E-state index contributed by atoms with van der Waals surface area (Å²) in [5.41, 5.74) is 0.354. The molecule has 0 heterocycles.